The fourth-order valence-corrected chi connectivity index (χ4v) is 3.92. The van der Waals surface area contributed by atoms with Gasteiger partial charge in [-0.3, -0.25) is 9.59 Å². The van der Waals surface area contributed by atoms with Gasteiger partial charge in [-0.05, 0) is 30.2 Å². The summed E-state index contributed by atoms with van der Waals surface area (Å²) in [6, 6.07) is 24.8. The van der Waals surface area contributed by atoms with Crippen LogP contribution in [-0.2, 0) is 21.7 Å². The first-order chi connectivity index (χ1) is 15.5. The van der Waals surface area contributed by atoms with Crippen molar-refractivity contribution in [3.63, 3.8) is 0 Å². The van der Waals surface area contributed by atoms with Gasteiger partial charge in [0.25, 0.3) is 5.91 Å². The number of hydrogen-bond donors (Lipinski definition) is 1. The van der Waals surface area contributed by atoms with Gasteiger partial charge < -0.3 is 10.0 Å². The molecular weight excluding hydrogens is 398 g/mol. The van der Waals surface area contributed by atoms with Gasteiger partial charge in [0.2, 0.25) is 0 Å². The van der Waals surface area contributed by atoms with Crippen molar-refractivity contribution in [2.45, 2.75) is 25.5 Å². The Hall–Kier alpha value is -3.76. The van der Waals surface area contributed by atoms with Crippen molar-refractivity contribution in [2.75, 3.05) is 4.90 Å². The van der Waals surface area contributed by atoms with E-state index in [0.717, 1.165) is 16.7 Å². The van der Waals surface area contributed by atoms with Crippen molar-refractivity contribution in [1.29, 1.82) is 0 Å². The molecule has 1 aliphatic heterocycles. The summed E-state index contributed by atoms with van der Waals surface area (Å²) in [5.41, 5.74) is 2.36. The number of anilines is 1. The summed E-state index contributed by atoms with van der Waals surface area (Å²) in [4.78, 5) is 27.5. The maximum absolute atomic E-state index is 13.3. The Morgan fingerprint density at radius 1 is 0.938 bits per heavy atom. The molecule has 4 nitrogen and oxygen atoms in total. The van der Waals surface area contributed by atoms with E-state index in [1.54, 1.807) is 29.2 Å². The van der Waals surface area contributed by atoms with Crippen molar-refractivity contribution in [1.82, 2.24) is 0 Å². The predicted molar refractivity (Wildman–Crippen MR) is 127 cm³/mol. The molecule has 0 saturated heterocycles. The molecule has 32 heavy (non-hydrogen) atoms. The summed E-state index contributed by atoms with van der Waals surface area (Å²) in [6.45, 7) is 2.34. The Labute approximate surface area is 188 Å². The van der Waals surface area contributed by atoms with Gasteiger partial charge in [0.15, 0.2) is 11.4 Å². The molecule has 0 bridgehead atoms. The average Bonchev–Trinajstić information content (AvgIpc) is 3.01. The van der Waals surface area contributed by atoms with Crippen molar-refractivity contribution in [3.8, 4) is 0 Å². The Bertz CT molecular complexity index is 1180. The van der Waals surface area contributed by atoms with E-state index in [2.05, 4.69) is 0 Å². The molecule has 1 aliphatic rings. The first kappa shape index (κ1) is 21.5. The van der Waals surface area contributed by atoms with E-state index < -0.39 is 11.5 Å². The number of nitrogens with zero attached hydrogens (tertiary/aromatic N) is 1. The third kappa shape index (κ3) is 4.46. The molecule has 0 spiro atoms. The number of benzene rings is 3. The highest BCUT2D eigenvalue weighted by atomic mass is 16.3. The van der Waals surface area contributed by atoms with E-state index in [-0.39, 0.29) is 12.2 Å². The second kappa shape index (κ2) is 9.16. The van der Waals surface area contributed by atoms with E-state index in [9.17, 15) is 14.7 Å². The van der Waals surface area contributed by atoms with Crippen LogP contribution in [0.1, 0.15) is 28.7 Å². The third-order valence-electron chi connectivity index (χ3n) is 5.61. The van der Waals surface area contributed by atoms with Crippen LogP contribution in [-0.4, -0.2) is 16.8 Å². The molecule has 1 atom stereocenters. The topological polar surface area (TPSA) is 57.6 Å². The maximum atomic E-state index is 13.3. The molecule has 3 aromatic rings. The monoisotopic (exact) mass is 423 g/mol. The number of fused-ring (bicyclic) bond motifs is 1. The fourth-order valence-electron chi connectivity index (χ4n) is 3.92. The quantitative estimate of drug-likeness (QED) is 0.432. The van der Waals surface area contributed by atoms with Gasteiger partial charge in [-0.1, -0.05) is 96.6 Å². The van der Waals surface area contributed by atoms with Gasteiger partial charge in [-0.15, -0.1) is 0 Å². The SMILES string of the molecule is Cc1ccc(CN2C(=O)C(O)(CC(=O)/C=C/C=C/c3ccccc3)c3ccccc32)cc1. The number of aryl methyl sites for hydroxylation is 1. The third-order valence-corrected chi connectivity index (χ3v) is 5.61. The molecule has 0 saturated carbocycles. The second-order valence-corrected chi connectivity index (χ2v) is 8.03. The summed E-state index contributed by atoms with van der Waals surface area (Å²) in [5.74, 6) is -0.786. The van der Waals surface area contributed by atoms with Crippen LogP contribution in [0.3, 0.4) is 0 Å². The van der Waals surface area contributed by atoms with Crippen LogP contribution in [0.2, 0.25) is 0 Å². The Balaban J connectivity index is 1.52. The minimum absolute atomic E-state index is 0.303. The zero-order valence-electron chi connectivity index (χ0n) is 17.9. The van der Waals surface area contributed by atoms with Crippen molar-refractivity contribution >= 4 is 23.5 Å². The van der Waals surface area contributed by atoms with Crippen LogP contribution in [0, 0.1) is 6.92 Å². The van der Waals surface area contributed by atoms with Crippen LogP contribution in [0.5, 0.6) is 0 Å². The number of carbonyl (C=O) groups excluding carboxylic acids is 2. The predicted octanol–water partition coefficient (Wildman–Crippen LogP) is 4.96. The van der Waals surface area contributed by atoms with Gasteiger partial charge in [0, 0.05) is 5.56 Å². The normalized spacial score (nSPS) is 17.9. The lowest BCUT2D eigenvalue weighted by Gasteiger charge is -2.22. The molecule has 1 N–H and O–H groups in total. The van der Waals surface area contributed by atoms with Crippen LogP contribution >= 0.6 is 0 Å². The lowest BCUT2D eigenvalue weighted by Crippen LogP contribution is -2.41. The van der Waals surface area contributed by atoms with E-state index in [1.807, 2.05) is 79.7 Å². The van der Waals surface area contributed by atoms with Crippen LogP contribution < -0.4 is 4.90 Å². The minimum atomic E-state index is -1.87. The average molecular weight is 424 g/mol. The van der Waals surface area contributed by atoms with Crippen molar-refractivity contribution in [2.24, 2.45) is 0 Å². The Kier molecular flexibility index (Phi) is 6.15. The molecular formula is C28H25NO3. The van der Waals surface area contributed by atoms with Gasteiger partial charge in [0.1, 0.15) is 0 Å². The van der Waals surface area contributed by atoms with E-state index >= 15 is 0 Å². The Morgan fingerprint density at radius 2 is 1.62 bits per heavy atom. The van der Waals surface area contributed by atoms with E-state index in [1.165, 1.54) is 6.08 Å². The smallest absolute Gasteiger partial charge is 0.264 e. The number of para-hydroxylation sites is 1. The van der Waals surface area contributed by atoms with Crippen molar-refractivity contribution in [3.05, 3.63) is 119 Å². The first-order valence-corrected chi connectivity index (χ1v) is 10.6. The molecule has 4 heteroatoms. The van der Waals surface area contributed by atoms with Crippen molar-refractivity contribution < 1.29 is 14.7 Å². The second-order valence-electron chi connectivity index (χ2n) is 8.03. The molecule has 4 rings (SSSR count). The number of hydrogen-bond acceptors (Lipinski definition) is 3. The molecule has 1 unspecified atom stereocenters. The number of carbonyl (C=O) groups is 2. The van der Waals surface area contributed by atoms with Gasteiger partial charge >= 0.3 is 0 Å². The van der Waals surface area contributed by atoms with E-state index in [4.69, 9.17) is 0 Å². The molecule has 160 valence electrons. The fraction of sp³-hybridized carbons (Fsp3) is 0.143. The van der Waals surface area contributed by atoms with Gasteiger partial charge in [0.05, 0.1) is 18.7 Å². The number of allylic oxidation sites excluding steroid dienone is 3. The highest BCUT2D eigenvalue weighted by Gasteiger charge is 2.50. The molecule has 0 fully saturated rings. The lowest BCUT2D eigenvalue weighted by molar-refractivity contribution is -0.140. The number of aliphatic hydroxyl groups is 1. The zero-order valence-corrected chi connectivity index (χ0v) is 17.9. The molecule has 1 heterocycles. The lowest BCUT2D eigenvalue weighted by atomic mass is 9.90. The van der Waals surface area contributed by atoms with Gasteiger partial charge in [-0.25, -0.2) is 0 Å². The molecule has 0 aromatic heterocycles. The molecule has 3 aromatic carbocycles. The zero-order chi connectivity index (χ0) is 22.6. The molecule has 1 amide bonds. The number of amides is 1. The summed E-state index contributed by atoms with van der Waals surface area (Å²) in [6.07, 6.45) is 6.39. The Morgan fingerprint density at radius 3 is 2.38 bits per heavy atom. The highest BCUT2D eigenvalue weighted by molar-refractivity contribution is 6.09. The summed E-state index contributed by atoms with van der Waals surface area (Å²) >= 11 is 0. The minimum Gasteiger partial charge on any atom is -0.375 e. The van der Waals surface area contributed by atoms with Crippen LogP contribution in [0.4, 0.5) is 5.69 Å². The van der Waals surface area contributed by atoms with Crippen LogP contribution in [0.15, 0.2) is 97.1 Å². The maximum Gasteiger partial charge on any atom is 0.264 e. The van der Waals surface area contributed by atoms with E-state index in [0.29, 0.717) is 17.8 Å². The summed E-state index contributed by atoms with van der Waals surface area (Å²) in [5, 5.41) is 11.3. The number of ketones is 1. The molecule has 0 radical (unpaired) electrons. The first-order valence-electron chi connectivity index (χ1n) is 10.6. The van der Waals surface area contributed by atoms with Crippen LogP contribution in [0.25, 0.3) is 6.08 Å². The molecule has 0 aliphatic carbocycles. The van der Waals surface area contributed by atoms with Gasteiger partial charge in [-0.2, -0.15) is 0 Å². The summed E-state index contributed by atoms with van der Waals surface area (Å²) in [7, 11) is 0. The summed E-state index contributed by atoms with van der Waals surface area (Å²) < 4.78 is 0. The standard InChI is InChI=1S/C28H25NO3/c1-21-15-17-23(18-16-21)20-29-26-14-8-7-13-25(26)28(32,27(29)31)19-24(30)12-6-5-11-22-9-3-2-4-10-22/h2-18,32H,19-20H2,1H3/b11-5+,12-6+. The number of rotatable bonds is 7. The largest absolute Gasteiger partial charge is 0.375 e. The highest BCUT2D eigenvalue weighted by Crippen LogP contribution is 2.43.